The number of fused-ring (bicyclic) bond motifs is 1. The molecule has 1 unspecified atom stereocenters. The van der Waals surface area contributed by atoms with Gasteiger partial charge < -0.3 is 9.64 Å². The van der Waals surface area contributed by atoms with Crippen molar-refractivity contribution < 1.29 is 35.5 Å². The molecule has 0 saturated carbocycles. The molecule has 41 heavy (non-hydrogen) atoms. The van der Waals surface area contributed by atoms with Gasteiger partial charge in [-0.2, -0.15) is 22.1 Å². The number of anilines is 1. The number of piperazine rings is 1. The molecule has 0 aromatic heterocycles. The Kier molecular flexibility index (Phi) is 9.04. The fraction of sp³-hybridized carbons (Fsp3) is 0.407. The second kappa shape index (κ2) is 12.2. The summed E-state index contributed by atoms with van der Waals surface area (Å²) in [5, 5.41) is 5.49. The number of hydrogen-bond acceptors (Lipinski definition) is 7. The molecule has 14 heteroatoms. The largest absolute Gasteiger partial charge is 0.484 e. The van der Waals surface area contributed by atoms with Crippen LogP contribution in [-0.2, 0) is 32.6 Å². The van der Waals surface area contributed by atoms with Crippen molar-refractivity contribution in [3.05, 3.63) is 76.2 Å². The van der Waals surface area contributed by atoms with Crippen molar-refractivity contribution in [2.45, 2.75) is 25.9 Å². The summed E-state index contributed by atoms with van der Waals surface area (Å²) < 4.78 is 89.5. The Labute approximate surface area is 236 Å². The van der Waals surface area contributed by atoms with Crippen LogP contribution in [0.4, 0.5) is 23.2 Å². The van der Waals surface area contributed by atoms with Gasteiger partial charge >= 0.3 is 0 Å². The maximum atomic E-state index is 14.4. The molecule has 2 aromatic rings. The summed E-state index contributed by atoms with van der Waals surface area (Å²) in [6, 6.07) is 4.93. The summed E-state index contributed by atoms with van der Waals surface area (Å²) in [4.78, 5) is 14.6. The van der Waals surface area contributed by atoms with Crippen molar-refractivity contribution in [1.29, 1.82) is 0 Å². The van der Waals surface area contributed by atoms with Crippen molar-refractivity contribution >= 4 is 27.9 Å². The van der Waals surface area contributed by atoms with Crippen LogP contribution in [0, 0.1) is 23.3 Å². The number of rotatable bonds is 9. The highest BCUT2D eigenvalue weighted by Crippen LogP contribution is 2.30. The van der Waals surface area contributed by atoms with E-state index in [9.17, 15) is 30.8 Å². The highest BCUT2D eigenvalue weighted by atomic mass is 32.2. The number of carbonyl (C=O) groups excluding carboxylic acids is 1. The van der Waals surface area contributed by atoms with Crippen LogP contribution < -0.4 is 5.01 Å². The Hall–Kier alpha value is -3.49. The van der Waals surface area contributed by atoms with Crippen LogP contribution in [0.25, 0.3) is 0 Å². The zero-order valence-corrected chi connectivity index (χ0v) is 23.9. The average Bonchev–Trinajstić information content (AvgIpc) is 3.30. The van der Waals surface area contributed by atoms with Crippen molar-refractivity contribution in [3.8, 4) is 0 Å². The van der Waals surface area contributed by atoms with E-state index >= 15 is 0 Å². The molecule has 2 aliphatic rings. The third-order valence-corrected chi connectivity index (χ3v) is 8.85. The van der Waals surface area contributed by atoms with E-state index in [-0.39, 0.29) is 56.2 Å². The van der Waals surface area contributed by atoms with Gasteiger partial charge in [-0.1, -0.05) is 0 Å². The minimum atomic E-state index is -3.67. The van der Waals surface area contributed by atoms with Crippen LogP contribution >= 0.6 is 0 Å². The van der Waals surface area contributed by atoms with E-state index in [1.807, 2.05) is 0 Å². The fourth-order valence-electron chi connectivity index (χ4n) is 4.79. The number of allylic oxidation sites excluding steroid dienone is 2. The summed E-state index contributed by atoms with van der Waals surface area (Å²) in [6.07, 6.45) is 0.912. The topological polar surface area (TPSA) is 85.8 Å². The summed E-state index contributed by atoms with van der Waals surface area (Å²) in [6.45, 7) is 1.85. The molecule has 0 radical (unpaired) electrons. The molecule has 1 heterocycles. The first-order valence-corrected chi connectivity index (χ1v) is 14.2. The van der Waals surface area contributed by atoms with E-state index in [4.69, 9.17) is 4.74 Å². The van der Waals surface area contributed by atoms with E-state index in [0.717, 1.165) is 28.6 Å². The molecule has 9 nitrogen and oxygen atoms in total. The molecule has 0 bridgehead atoms. The third kappa shape index (κ3) is 6.88. The van der Waals surface area contributed by atoms with Crippen LogP contribution in [0.15, 0.2) is 46.9 Å². The highest BCUT2D eigenvalue weighted by Gasteiger charge is 2.33. The van der Waals surface area contributed by atoms with E-state index in [1.54, 1.807) is 4.90 Å². The zero-order chi connectivity index (χ0) is 30.1. The monoisotopic (exact) mass is 597 g/mol. The van der Waals surface area contributed by atoms with E-state index in [1.165, 1.54) is 49.7 Å². The quantitative estimate of drug-likeness (QED) is 0.145. The minimum absolute atomic E-state index is 0.102. The number of hydrazone groups is 1. The van der Waals surface area contributed by atoms with Crippen LogP contribution in [0.1, 0.15) is 18.1 Å². The number of carbonyl (C=O) groups is 1. The SMILES string of the molecule is CC(=O)/C(OC1Cc2cc(F)cc(F)c2C1)=C(\C=N/N(C)c1cc(F)cc(F)c1)N1CCN(S(=O)(=O)N(C)C)CC1. The lowest BCUT2D eigenvalue weighted by atomic mass is 10.1. The number of Topliss-reactive ketones (excluding diaryl/α,β-unsaturated/α-hetero) is 1. The molecule has 1 fully saturated rings. The molecule has 2 aromatic carbocycles. The fourth-order valence-corrected chi connectivity index (χ4v) is 5.88. The number of ether oxygens (including phenoxy) is 1. The molecule has 1 aliphatic heterocycles. The first kappa shape index (κ1) is 30.5. The maximum Gasteiger partial charge on any atom is 0.281 e. The van der Waals surface area contributed by atoms with Gasteiger partial charge in [0.1, 0.15) is 35.1 Å². The van der Waals surface area contributed by atoms with Gasteiger partial charge in [-0.15, -0.1) is 0 Å². The Morgan fingerprint density at radius 3 is 2.15 bits per heavy atom. The van der Waals surface area contributed by atoms with E-state index in [0.29, 0.717) is 11.1 Å². The summed E-state index contributed by atoms with van der Waals surface area (Å²) in [7, 11) is 0.658. The summed E-state index contributed by atoms with van der Waals surface area (Å²) in [5.41, 5.74) is 1.07. The van der Waals surface area contributed by atoms with Gasteiger partial charge in [0.25, 0.3) is 10.2 Å². The molecule has 1 aliphatic carbocycles. The number of halogens is 4. The third-order valence-electron chi connectivity index (χ3n) is 6.91. The smallest absolute Gasteiger partial charge is 0.281 e. The highest BCUT2D eigenvalue weighted by molar-refractivity contribution is 7.86. The first-order valence-electron chi connectivity index (χ1n) is 12.8. The number of ketones is 1. The van der Waals surface area contributed by atoms with Gasteiger partial charge in [-0.3, -0.25) is 9.80 Å². The molecule has 1 saturated heterocycles. The van der Waals surface area contributed by atoms with Crippen LogP contribution in [-0.4, -0.2) is 87.4 Å². The Bertz CT molecular complexity index is 1470. The van der Waals surface area contributed by atoms with E-state index < -0.39 is 45.4 Å². The van der Waals surface area contributed by atoms with E-state index in [2.05, 4.69) is 5.10 Å². The van der Waals surface area contributed by atoms with Crippen LogP contribution in [0.3, 0.4) is 0 Å². The summed E-state index contributed by atoms with van der Waals surface area (Å²) in [5.74, 6) is -3.57. The number of hydrogen-bond donors (Lipinski definition) is 0. The molecule has 0 spiro atoms. The Balaban J connectivity index is 1.66. The minimum Gasteiger partial charge on any atom is -0.484 e. The van der Waals surface area contributed by atoms with Crippen molar-refractivity contribution in [2.24, 2.45) is 5.10 Å². The standard InChI is InChI=1S/C27H31F4N5O4S/c1-17(37)27(40-23-10-18-9-19(28)14-25(31)24(18)15-23)26(16-32-34(4)22-12-20(29)11-21(30)13-22)35-5-7-36(8-6-35)41(38,39)33(2)3/h9,11-14,16,23H,5-8,10,15H2,1-4H3/b27-26-,32-16-. The lowest BCUT2D eigenvalue weighted by Crippen LogP contribution is -2.51. The molecule has 222 valence electrons. The molecular weight excluding hydrogens is 566 g/mol. The van der Waals surface area contributed by atoms with Crippen LogP contribution in [0.2, 0.25) is 0 Å². The second-order valence-electron chi connectivity index (χ2n) is 10.0. The van der Waals surface area contributed by atoms with Gasteiger partial charge in [-0.25, -0.2) is 17.6 Å². The van der Waals surface area contributed by atoms with Crippen LogP contribution in [0.5, 0.6) is 0 Å². The number of benzene rings is 2. The molecule has 1 atom stereocenters. The van der Waals surface area contributed by atoms with Gasteiger partial charge in [0.15, 0.2) is 11.5 Å². The Morgan fingerprint density at radius 2 is 1.56 bits per heavy atom. The molecule has 4 rings (SSSR count). The maximum absolute atomic E-state index is 14.4. The molecule has 0 N–H and O–H groups in total. The Morgan fingerprint density at radius 1 is 0.951 bits per heavy atom. The second-order valence-corrected chi connectivity index (χ2v) is 12.2. The predicted octanol–water partition coefficient (Wildman–Crippen LogP) is 3.07. The number of nitrogens with zero attached hydrogens (tertiary/aromatic N) is 5. The van der Waals surface area contributed by atoms with Crippen molar-refractivity contribution in [3.63, 3.8) is 0 Å². The normalized spacial score (nSPS) is 18.6. The molecule has 0 amide bonds. The lowest BCUT2D eigenvalue weighted by molar-refractivity contribution is -0.118. The first-order chi connectivity index (χ1) is 19.3. The van der Waals surface area contributed by atoms with Gasteiger partial charge in [0.2, 0.25) is 0 Å². The average molecular weight is 598 g/mol. The predicted molar refractivity (Wildman–Crippen MR) is 145 cm³/mol. The lowest BCUT2D eigenvalue weighted by Gasteiger charge is -2.37. The molecular formula is C27H31F4N5O4S. The van der Waals surface area contributed by atoms with Gasteiger partial charge in [0.05, 0.1) is 11.9 Å². The summed E-state index contributed by atoms with van der Waals surface area (Å²) >= 11 is 0. The van der Waals surface area contributed by atoms with Crippen molar-refractivity contribution in [1.82, 2.24) is 13.5 Å². The van der Waals surface area contributed by atoms with Crippen molar-refractivity contribution in [2.75, 3.05) is 52.3 Å². The van der Waals surface area contributed by atoms with Gasteiger partial charge in [0, 0.05) is 79.2 Å². The van der Waals surface area contributed by atoms with Gasteiger partial charge in [-0.05, 0) is 29.3 Å². The zero-order valence-electron chi connectivity index (χ0n) is 23.1.